The molecular formula is C11H12ClNO5. The minimum absolute atomic E-state index is 0.0382. The zero-order valence-electron chi connectivity index (χ0n) is 9.54. The molecule has 0 aliphatic rings. The van der Waals surface area contributed by atoms with Crippen molar-refractivity contribution in [2.24, 2.45) is 0 Å². The first-order valence-electron chi connectivity index (χ1n) is 5.04. The first-order chi connectivity index (χ1) is 8.43. The van der Waals surface area contributed by atoms with Crippen molar-refractivity contribution in [2.45, 2.75) is 12.3 Å². The van der Waals surface area contributed by atoms with Gasteiger partial charge in [0.25, 0.3) is 5.91 Å². The molecular weight excluding hydrogens is 262 g/mol. The van der Waals surface area contributed by atoms with Gasteiger partial charge in [0.1, 0.15) is 16.8 Å². The second-order valence-corrected chi connectivity index (χ2v) is 4.07. The molecule has 0 saturated heterocycles. The number of halogens is 1. The number of carboxylic acids is 1. The average molecular weight is 274 g/mol. The lowest BCUT2D eigenvalue weighted by atomic mass is 10.2. The van der Waals surface area contributed by atoms with Crippen molar-refractivity contribution in [3.8, 4) is 5.75 Å². The molecule has 1 unspecified atom stereocenters. The third kappa shape index (κ3) is 3.61. The minimum atomic E-state index is -1.16. The Morgan fingerprint density at radius 1 is 1.44 bits per heavy atom. The van der Waals surface area contributed by atoms with Crippen molar-refractivity contribution in [1.82, 2.24) is 0 Å². The number of anilines is 1. The molecule has 0 spiro atoms. The maximum atomic E-state index is 11.5. The number of carboxylic acid groups (broad SMARTS) is 1. The van der Waals surface area contributed by atoms with Crippen molar-refractivity contribution in [3.63, 3.8) is 0 Å². The number of hydrogen-bond donors (Lipinski definition) is 2. The van der Waals surface area contributed by atoms with Crippen molar-refractivity contribution >= 4 is 29.2 Å². The topological polar surface area (TPSA) is 87.1 Å². The second-order valence-electron chi connectivity index (χ2n) is 3.42. The quantitative estimate of drug-likeness (QED) is 0.482. The SMILES string of the molecule is CC(Cl)C(=O)N(O)c1ccccc1OCC(=O)O. The summed E-state index contributed by atoms with van der Waals surface area (Å²) < 4.78 is 4.95. The number of para-hydroxylation sites is 2. The predicted molar refractivity (Wildman–Crippen MR) is 64.2 cm³/mol. The Hall–Kier alpha value is -1.79. The van der Waals surface area contributed by atoms with Gasteiger partial charge < -0.3 is 9.84 Å². The van der Waals surface area contributed by atoms with Gasteiger partial charge in [-0.1, -0.05) is 12.1 Å². The van der Waals surface area contributed by atoms with Crippen LogP contribution < -0.4 is 9.80 Å². The summed E-state index contributed by atoms with van der Waals surface area (Å²) in [6, 6.07) is 6.00. The number of carbonyl (C=O) groups excluding carboxylic acids is 1. The summed E-state index contributed by atoms with van der Waals surface area (Å²) in [5.74, 6) is -1.82. The normalized spacial score (nSPS) is 11.7. The molecule has 6 nitrogen and oxygen atoms in total. The molecule has 18 heavy (non-hydrogen) atoms. The summed E-state index contributed by atoms with van der Waals surface area (Å²) in [4.78, 5) is 21.9. The minimum Gasteiger partial charge on any atom is -0.480 e. The van der Waals surface area contributed by atoms with Crippen LogP contribution in [0.5, 0.6) is 5.75 Å². The van der Waals surface area contributed by atoms with Crippen molar-refractivity contribution in [2.75, 3.05) is 11.7 Å². The molecule has 0 aliphatic carbocycles. The number of benzene rings is 1. The number of hydroxylamine groups is 1. The lowest BCUT2D eigenvalue weighted by molar-refractivity contribution is -0.139. The number of aliphatic carboxylic acids is 1. The Labute approximate surface area is 108 Å². The fourth-order valence-electron chi connectivity index (χ4n) is 1.18. The zero-order chi connectivity index (χ0) is 13.7. The largest absolute Gasteiger partial charge is 0.480 e. The summed E-state index contributed by atoms with van der Waals surface area (Å²) in [6.07, 6.45) is 0. The highest BCUT2D eigenvalue weighted by Crippen LogP contribution is 2.27. The van der Waals surface area contributed by atoms with Crippen LogP contribution in [0.4, 0.5) is 5.69 Å². The Morgan fingerprint density at radius 2 is 2.06 bits per heavy atom. The van der Waals surface area contributed by atoms with Crippen LogP contribution >= 0.6 is 11.6 Å². The summed E-state index contributed by atoms with van der Waals surface area (Å²) in [7, 11) is 0. The van der Waals surface area contributed by atoms with Gasteiger partial charge in [0.05, 0.1) is 0 Å². The van der Waals surface area contributed by atoms with E-state index in [4.69, 9.17) is 21.4 Å². The molecule has 0 aliphatic heterocycles. The van der Waals surface area contributed by atoms with Crippen LogP contribution in [0.2, 0.25) is 0 Å². The van der Waals surface area contributed by atoms with E-state index in [9.17, 15) is 14.8 Å². The van der Waals surface area contributed by atoms with Gasteiger partial charge >= 0.3 is 5.97 Å². The van der Waals surface area contributed by atoms with E-state index in [1.54, 1.807) is 12.1 Å². The average Bonchev–Trinajstić information content (AvgIpc) is 2.34. The van der Waals surface area contributed by atoms with Gasteiger partial charge in [-0.15, -0.1) is 11.6 Å². The molecule has 0 saturated carbocycles. The third-order valence-electron chi connectivity index (χ3n) is 1.99. The van der Waals surface area contributed by atoms with Gasteiger partial charge in [-0.25, -0.2) is 4.79 Å². The summed E-state index contributed by atoms with van der Waals surface area (Å²) in [5.41, 5.74) is 0.0382. The van der Waals surface area contributed by atoms with Gasteiger partial charge in [-0.3, -0.25) is 10.0 Å². The van der Waals surface area contributed by atoms with Gasteiger partial charge in [-0.2, -0.15) is 5.06 Å². The molecule has 0 fully saturated rings. The van der Waals surface area contributed by atoms with Gasteiger partial charge in [0.15, 0.2) is 6.61 Å². The van der Waals surface area contributed by atoms with Crippen LogP contribution in [0.25, 0.3) is 0 Å². The Morgan fingerprint density at radius 3 is 2.61 bits per heavy atom. The molecule has 98 valence electrons. The van der Waals surface area contributed by atoms with Crippen molar-refractivity contribution in [1.29, 1.82) is 0 Å². The van der Waals surface area contributed by atoms with Gasteiger partial charge in [-0.05, 0) is 19.1 Å². The molecule has 1 atom stereocenters. The van der Waals surface area contributed by atoms with Gasteiger partial charge in [0, 0.05) is 0 Å². The number of nitrogens with zero attached hydrogens (tertiary/aromatic N) is 1. The van der Waals surface area contributed by atoms with E-state index in [1.165, 1.54) is 19.1 Å². The Balaban J connectivity index is 2.94. The third-order valence-corrected chi connectivity index (χ3v) is 2.18. The molecule has 1 amide bonds. The van der Waals surface area contributed by atoms with Crippen LogP contribution in [0.1, 0.15) is 6.92 Å². The van der Waals surface area contributed by atoms with E-state index >= 15 is 0 Å². The van der Waals surface area contributed by atoms with Crippen LogP contribution in [0, 0.1) is 0 Å². The summed E-state index contributed by atoms with van der Waals surface area (Å²) in [6.45, 7) is 0.837. The lowest BCUT2D eigenvalue weighted by Gasteiger charge is -2.19. The summed E-state index contributed by atoms with van der Waals surface area (Å²) >= 11 is 5.57. The van der Waals surface area contributed by atoms with E-state index in [1.807, 2.05) is 0 Å². The van der Waals surface area contributed by atoms with Crippen molar-refractivity contribution in [3.05, 3.63) is 24.3 Å². The number of carbonyl (C=O) groups is 2. The van der Waals surface area contributed by atoms with E-state index in [0.29, 0.717) is 5.06 Å². The fraction of sp³-hybridized carbons (Fsp3) is 0.273. The molecule has 0 aromatic heterocycles. The molecule has 0 radical (unpaired) electrons. The fourth-order valence-corrected chi connectivity index (χ4v) is 1.27. The molecule has 0 heterocycles. The molecule has 1 aromatic carbocycles. The molecule has 7 heteroatoms. The van der Waals surface area contributed by atoms with Crippen LogP contribution in [0.15, 0.2) is 24.3 Å². The maximum absolute atomic E-state index is 11.5. The molecule has 1 aromatic rings. The maximum Gasteiger partial charge on any atom is 0.341 e. The number of ether oxygens (including phenoxy) is 1. The first-order valence-corrected chi connectivity index (χ1v) is 5.47. The highest BCUT2D eigenvalue weighted by Gasteiger charge is 2.21. The standard InChI is InChI=1S/C11H12ClNO5/c1-7(12)11(16)13(17)8-4-2-3-5-9(8)18-6-10(14)15/h2-5,7,17H,6H2,1H3,(H,14,15). The number of hydrogen-bond acceptors (Lipinski definition) is 4. The van der Waals surface area contributed by atoms with E-state index < -0.39 is 23.9 Å². The Kier molecular flexibility index (Phi) is 4.94. The van der Waals surface area contributed by atoms with Crippen molar-refractivity contribution < 1.29 is 24.6 Å². The lowest BCUT2D eigenvalue weighted by Crippen LogP contribution is -2.33. The Bertz CT molecular complexity index is 449. The highest BCUT2D eigenvalue weighted by molar-refractivity contribution is 6.32. The molecule has 2 N–H and O–H groups in total. The first kappa shape index (κ1) is 14.3. The summed E-state index contributed by atoms with van der Waals surface area (Å²) in [5, 5.41) is 17.6. The van der Waals surface area contributed by atoms with E-state index in [0.717, 1.165) is 0 Å². The van der Waals surface area contributed by atoms with Crippen LogP contribution in [-0.4, -0.2) is 34.2 Å². The molecule has 0 bridgehead atoms. The number of rotatable bonds is 5. The smallest absolute Gasteiger partial charge is 0.341 e. The predicted octanol–water partition coefficient (Wildman–Crippen LogP) is 1.50. The second kappa shape index (κ2) is 6.23. The van der Waals surface area contributed by atoms with Crippen LogP contribution in [0.3, 0.4) is 0 Å². The number of alkyl halides is 1. The monoisotopic (exact) mass is 273 g/mol. The zero-order valence-corrected chi connectivity index (χ0v) is 10.3. The van der Waals surface area contributed by atoms with E-state index in [2.05, 4.69) is 0 Å². The van der Waals surface area contributed by atoms with E-state index in [-0.39, 0.29) is 11.4 Å². The molecule has 1 rings (SSSR count). The number of amides is 1. The van der Waals surface area contributed by atoms with Crippen LogP contribution in [-0.2, 0) is 9.59 Å². The van der Waals surface area contributed by atoms with Gasteiger partial charge in [0.2, 0.25) is 0 Å². The highest BCUT2D eigenvalue weighted by atomic mass is 35.5.